The van der Waals surface area contributed by atoms with Crippen LogP contribution >= 0.6 is 15.9 Å². The van der Waals surface area contributed by atoms with Gasteiger partial charge in [0.05, 0.1) is 19.4 Å². The van der Waals surface area contributed by atoms with Gasteiger partial charge in [-0.15, -0.1) is 0 Å². The van der Waals surface area contributed by atoms with Gasteiger partial charge >= 0.3 is 0 Å². The molecule has 21 heavy (non-hydrogen) atoms. The summed E-state index contributed by atoms with van der Waals surface area (Å²) >= 11 is 3.40. The molecule has 0 aliphatic rings. The molecule has 0 bridgehead atoms. The number of furan rings is 1. The number of hydrogen-bond acceptors (Lipinski definition) is 3. The van der Waals surface area contributed by atoms with E-state index in [0.717, 1.165) is 15.8 Å². The molecule has 1 atom stereocenters. The average molecular weight is 350 g/mol. The summed E-state index contributed by atoms with van der Waals surface area (Å²) in [5.74, 6) is 1.24. The van der Waals surface area contributed by atoms with E-state index in [2.05, 4.69) is 21.2 Å². The number of amides is 1. The molecule has 0 fully saturated rings. The van der Waals surface area contributed by atoms with Crippen LogP contribution in [-0.2, 0) is 4.79 Å². The molecule has 5 heteroatoms. The minimum absolute atomic E-state index is 0.179. The number of ether oxygens (including phenoxy) is 1. The second-order valence-corrected chi connectivity index (χ2v) is 5.38. The smallest absolute Gasteiger partial charge is 0.244 e. The summed E-state index contributed by atoms with van der Waals surface area (Å²) in [6.45, 7) is 1.87. The van der Waals surface area contributed by atoms with E-state index in [-0.39, 0.29) is 11.9 Å². The molecular weight excluding hydrogens is 334 g/mol. The van der Waals surface area contributed by atoms with E-state index < -0.39 is 0 Å². The largest absolute Gasteiger partial charge is 0.496 e. The summed E-state index contributed by atoms with van der Waals surface area (Å²) in [4.78, 5) is 11.9. The van der Waals surface area contributed by atoms with Crippen LogP contribution in [-0.4, -0.2) is 13.0 Å². The number of halogens is 1. The first kappa shape index (κ1) is 15.4. The van der Waals surface area contributed by atoms with Crippen LogP contribution in [0, 0.1) is 0 Å². The number of carbonyl (C=O) groups is 1. The summed E-state index contributed by atoms with van der Waals surface area (Å²) in [6.07, 6.45) is 4.78. The Hall–Kier alpha value is -2.01. The Morgan fingerprint density at radius 1 is 1.43 bits per heavy atom. The van der Waals surface area contributed by atoms with Gasteiger partial charge in [0.25, 0.3) is 0 Å². The van der Waals surface area contributed by atoms with Gasteiger partial charge in [0, 0.05) is 16.1 Å². The molecule has 1 amide bonds. The summed E-state index contributed by atoms with van der Waals surface area (Å²) < 4.78 is 11.4. The van der Waals surface area contributed by atoms with Gasteiger partial charge in [-0.05, 0) is 43.3 Å². The molecule has 1 aromatic carbocycles. The molecule has 2 rings (SSSR count). The van der Waals surface area contributed by atoms with Crippen LogP contribution < -0.4 is 10.1 Å². The van der Waals surface area contributed by atoms with E-state index in [1.165, 1.54) is 6.08 Å². The lowest BCUT2D eigenvalue weighted by atomic mass is 10.2. The van der Waals surface area contributed by atoms with Crippen LogP contribution in [0.1, 0.15) is 24.3 Å². The molecular formula is C16H16BrNO3. The maximum atomic E-state index is 11.9. The van der Waals surface area contributed by atoms with Crippen LogP contribution in [0.15, 0.2) is 51.6 Å². The Morgan fingerprint density at radius 3 is 2.90 bits per heavy atom. The molecule has 2 aromatic rings. The van der Waals surface area contributed by atoms with Crippen LogP contribution in [0.3, 0.4) is 0 Å². The lowest BCUT2D eigenvalue weighted by Crippen LogP contribution is -2.24. The number of methoxy groups -OCH3 is 1. The number of carbonyl (C=O) groups excluding carboxylic acids is 1. The minimum Gasteiger partial charge on any atom is -0.496 e. The highest BCUT2D eigenvalue weighted by Crippen LogP contribution is 2.24. The molecule has 0 saturated carbocycles. The van der Waals surface area contributed by atoms with Gasteiger partial charge in [-0.2, -0.15) is 0 Å². The zero-order valence-electron chi connectivity index (χ0n) is 11.8. The number of benzene rings is 1. The van der Waals surface area contributed by atoms with Gasteiger partial charge in [0.2, 0.25) is 5.91 Å². The van der Waals surface area contributed by atoms with Crippen molar-refractivity contribution in [1.29, 1.82) is 0 Å². The third kappa shape index (κ3) is 4.23. The maximum Gasteiger partial charge on any atom is 0.244 e. The third-order valence-electron chi connectivity index (χ3n) is 2.93. The highest BCUT2D eigenvalue weighted by atomic mass is 79.9. The van der Waals surface area contributed by atoms with Crippen molar-refractivity contribution in [2.45, 2.75) is 13.0 Å². The van der Waals surface area contributed by atoms with E-state index >= 15 is 0 Å². The second kappa shape index (κ2) is 7.13. The number of rotatable bonds is 5. The molecule has 110 valence electrons. The quantitative estimate of drug-likeness (QED) is 0.831. The summed E-state index contributed by atoms with van der Waals surface area (Å²) in [6, 6.07) is 9.05. The fourth-order valence-electron chi connectivity index (χ4n) is 1.87. The van der Waals surface area contributed by atoms with Crippen molar-refractivity contribution in [2.24, 2.45) is 0 Å². The first-order valence-electron chi connectivity index (χ1n) is 6.45. The Balaban J connectivity index is 2.04. The Kier molecular flexibility index (Phi) is 5.22. The highest BCUT2D eigenvalue weighted by Gasteiger charge is 2.09. The fraction of sp³-hybridized carbons (Fsp3) is 0.188. The van der Waals surface area contributed by atoms with E-state index in [9.17, 15) is 4.79 Å². The zero-order valence-corrected chi connectivity index (χ0v) is 13.4. The molecule has 0 aliphatic heterocycles. The lowest BCUT2D eigenvalue weighted by molar-refractivity contribution is -0.117. The Labute approximate surface area is 131 Å². The summed E-state index contributed by atoms with van der Waals surface area (Å²) in [5, 5.41) is 2.83. The first-order valence-corrected chi connectivity index (χ1v) is 7.25. The molecule has 0 unspecified atom stereocenters. The van der Waals surface area contributed by atoms with E-state index in [0.29, 0.717) is 5.75 Å². The van der Waals surface area contributed by atoms with Gasteiger partial charge in [-0.3, -0.25) is 4.79 Å². The van der Waals surface area contributed by atoms with Crippen molar-refractivity contribution in [3.63, 3.8) is 0 Å². The van der Waals surface area contributed by atoms with E-state index in [1.54, 1.807) is 25.5 Å². The number of hydrogen-bond donors (Lipinski definition) is 1. The minimum atomic E-state index is -0.194. The standard InChI is InChI=1S/C16H16BrNO3/c1-11(14-4-3-9-21-14)18-16(19)8-5-12-10-13(17)6-7-15(12)20-2/h3-11H,1-2H3,(H,18,19)/b8-5+/t11-/m1/s1. The average Bonchev–Trinajstić information content (AvgIpc) is 2.99. The van der Waals surface area contributed by atoms with Crippen molar-refractivity contribution in [2.75, 3.05) is 7.11 Å². The van der Waals surface area contributed by atoms with Crippen LogP contribution in [0.25, 0.3) is 6.08 Å². The van der Waals surface area contributed by atoms with Gasteiger partial charge in [0.15, 0.2) is 0 Å². The van der Waals surface area contributed by atoms with Crippen molar-refractivity contribution >= 4 is 27.9 Å². The normalized spacial score (nSPS) is 12.3. The Morgan fingerprint density at radius 2 is 2.24 bits per heavy atom. The molecule has 0 aliphatic carbocycles. The molecule has 1 N–H and O–H groups in total. The SMILES string of the molecule is COc1ccc(Br)cc1/C=C/C(=O)N[C@H](C)c1ccco1. The molecule has 0 spiro atoms. The number of nitrogens with one attached hydrogen (secondary N) is 1. The zero-order chi connectivity index (χ0) is 15.2. The van der Waals surface area contributed by atoms with Crippen molar-refractivity contribution < 1.29 is 13.9 Å². The maximum absolute atomic E-state index is 11.9. The van der Waals surface area contributed by atoms with Crippen molar-refractivity contribution in [1.82, 2.24) is 5.32 Å². The molecule has 0 saturated heterocycles. The van der Waals surface area contributed by atoms with Crippen LogP contribution in [0.2, 0.25) is 0 Å². The molecule has 4 nitrogen and oxygen atoms in total. The lowest BCUT2D eigenvalue weighted by Gasteiger charge is -2.09. The van der Waals surface area contributed by atoms with Crippen LogP contribution in [0.5, 0.6) is 5.75 Å². The van der Waals surface area contributed by atoms with Gasteiger partial charge in [-0.25, -0.2) is 0 Å². The monoisotopic (exact) mass is 349 g/mol. The van der Waals surface area contributed by atoms with Gasteiger partial charge in [-0.1, -0.05) is 15.9 Å². The summed E-state index contributed by atoms with van der Waals surface area (Å²) in [5.41, 5.74) is 0.827. The molecule has 0 radical (unpaired) electrons. The van der Waals surface area contributed by atoms with Gasteiger partial charge < -0.3 is 14.5 Å². The predicted molar refractivity (Wildman–Crippen MR) is 85.0 cm³/mol. The topological polar surface area (TPSA) is 51.5 Å². The second-order valence-electron chi connectivity index (χ2n) is 4.47. The predicted octanol–water partition coefficient (Wildman–Crippen LogP) is 3.94. The Bertz CT molecular complexity index is 635. The van der Waals surface area contributed by atoms with Crippen LogP contribution in [0.4, 0.5) is 0 Å². The van der Waals surface area contributed by atoms with E-state index in [4.69, 9.17) is 9.15 Å². The fourth-order valence-corrected chi connectivity index (χ4v) is 2.25. The van der Waals surface area contributed by atoms with Crippen molar-refractivity contribution in [3.8, 4) is 5.75 Å². The molecule has 1 aromatic heterocycles. The first-order chi connectivity index (χ1) is 10.1. The van der Waals surface area contributed by atoms with Gasteiger partial charge in [0.1, 0.15) is 11.5 Å². The summed E-state index contributed by atoms with van der Waals surface area (Å²) in [7, 11) is 1.60. The third-order valence-corrected chi connectivity index (χ3v) is 3.43. The molecule has 1 heterocycles. The van der Waals surface area contributed by atoms with E-state index in [1.807, 2.05) is 31.2 Å². The highest BCUT2D eigenvalue weighted by molar-refractivity contribution is 9.10. The van der Waals surface area contributed by atoms with Crippen molar-refractivity contribution in [3.05, 3.63) is 58.5 Å².